The molecule has 258 valence electrons. The minimum absolute atomic E-state index is 0.0774. The molecule has 9 nitrogen and oxygen atoms in total. The minimum atomic E-state index is -4.11. The molecule has 5 aromatic rings. The first kappa shape index (κ1) is 35.9. The Labute approximate surface area is 301 Å². The molecule has 0 amide bonds. The monoisotopic (exact) mass is 805 g/mol. The van der Waals surface area contributed by atoms with Crippen LogP contribution < -0.4 is 14.2 Å². The van der Waals surface area contributed by atoms with Crippen LogP contribution >= 0.6 is 23.1 Å². The summed E-state index contributed by atoms with van der Waals surface area (Å²) in [6, 6.07) is 18.9. The fourth-order valence-electron chi connectivity index (χ4n) is 5.99. The molecule has 0 unspecified atom stereocenters. The summed E-state index contributed by atoms with van der Waals surface area (Å²) in [4.78, 5) is 3.21. The van der Waals surface area contributed by atoms with Crippen LogP contribution in [0, 0.1) is 6.92 Å². The van der Waals surface area contributed by atoms with E-state index in [2.05, 4.69) is 88.5 Å². The van der Waals surface area contributed by atoms with Crippen molar-refractivity contribution in [1.29, 1.82) is 0 Å². The molecule has 1 aliphatic heterocycles. The molecule has 1 aliphatic rings. The quantitative estimate of drug-likeness (QED) is 0.0724. The van der Waals surface area contributed by atoms with Gasteiger partial charge in [-0.1, -0.05) is 6.07 Å². The van der Waals surface area contributed by atoms with Crippen LogP contribution in [0.3, 0.4) is 0 Å². The molecule has 14 heteroatoms. The van der Waals surface area contributed by atoms with Gasteiger partial charge in [-0.25, -0.2) is 0 Å². The number of nitrogens with zero attached hydrogens (tertiary/aromatic N) is 2. The van der Waals surface area contributed by atoms with Crippen molar-refractivity contribution in [2.45, 2.75) is 44.6 Å². The molecule has 0 atom stereocenters. The third-order valence-corrected chi connectivity index (χ3v) is 14.3. The van der Waals surface area contributed by atoms with Crippen LogP contribution in [-0.4, -0.2) is 65.6 Å². The summed E-state index contributed by atoms with van der Waals surface area (Å²) in [6.45, 7) is 4.91. The second-order valence-corrected chi connectivity index (χ2v) is 19.1. The number of benzene rings is 3. The van der Waals surface area contributed by atoms with E-state index in [0.717, 1.165) is 64.4 Å². The van der Waals surface area contributed by atoms with Gasteiger partial charge in [0.15, 0.2) is 0 Å². The molecule has 0 bridgehead atoms. The summed E-state index contributed by atoms with van der Waals surface area (Å²) in [5.74, 6) is 0.151. The second-order valence-electron chi connectivity index (χ2n) is 11.8. The molecule has 0 radical (unpaired) electrons. The first-order valence-corrected chi connectivity index (χ1v) is 22.4. The number of aromatic nitrogens is 1. The fourth-order valence-corrected chi connectivity index (χ4v) is 11.5. The van der Waals surface area contributed by atoms with Crippen LogP contribution in [0.2, 0.25) is 0 Å². The topological polar surface area (TPSA) is 125 Å². The van der Waals surface area contributed by atoms with Crippen molar-refractivity contribution >= 4 is 89.5 Å². The number of thiophene rings is 1. The van der Waals surface area contributed by atoms with Gasteiger partial charge in [-0.05, 0) is 11.4 Å². The van der Waals surface area contributed by atoms with Crippen LogP contribution in [0.15, 0.2) is 81.6 Å². The van der Waals surface area contributed by atoms with Gasteiger partial charge in [0.2, 0.25) is 0 Å². The van der Waals surface area contributed by atoms with Gasteiger partial charge < -0.3 is 0 Å². The van der Waals surface area contributed by atoms with Crippen LogP contribution in [0.4, 0.5) is 5.69 Å². The van der Waals surface area contributed by atoms with Gasteiger partial charge in [-0.15, -0.1) is 0 Å². The van der Waals surface area contributed by atoms with Crippen LogP contribution in [-0.2, 0) is 26.8 Å². The Balaban J connectivity index is 1.40. The van der Waals surface area contributed by atoms with Gasteiger partial charge in [0.1, 0.15) is 0 Å². The van der Waals surface area contributed by atoms with Gasteiger partial charge in [-0.2, -0.15) is 0 Å². The summed E-state index contributed by atoms with van der Waals surface area (Å²) in [5.41, 5.74) is 6.28. The Morgan fingerprint density at radius 3 is 2.53 bits per heavy atom. The molecule has 49 heavy (non-hydrogen) atoms. The Kier molecular flexibility index (Phi) is 10.8. The molecule has 0 aliphatic carbocycles. The predicted molar refractivity (Wildman–Crippen MR) is 201 cm³/mol. The van der Waals surface area contributed by atoms with E-state index in [4.69, 9.17) is 4.74 Å². The second kappa shape index (κ2) is 14.7. The van der Waals surface area contributed by atoms with Crippen molar-refractivity contribution in [2.75, 3.05) is 30.1 Å². The van der Waals surface area contributed by atoms with Gasteiger partial charge in [0.05, 0.1) is 0 Å². The van der Waals surface area contributed by atoms with Crippen molar-refractivity contribution in [1.82, 2.24) is 0 Å². The van der Waals surface area contributed by atoms with Crippen molar-refractivity contribution in [3.05, 3.63) is 86.8 Å². The van der Waals surface area contributed by atoms with Crippen LogP contribution in [0.25, 0.3) is 37.1 Å². The fraction of sp³-hybridized carbons (Fsp3) is 0.286. The Morgan fingerprint density at radius 1 is 1.02 bits per heavy atom. The first-order chi connectivity index (χ1) is 23.3. The van der Waals surface area contributed by atoms with E-state index in [1.165, 1.54) is 10.1 Å². The molecular weight excluding hydrogens is 768 g/mol. The van der Waals surface area contributed by atoms with E-state index in [9.17, 15) is 25.9 Å². The number of allylic oxidation sites excluding steroid dienone is 2. The SMILES string of the molecule is CCC(/C=C1\Sc2ccc(-c3cccc4ccsc34)cc2N1CCCS(=O)(=O)O)=C\c1[se]c2cc(OC)c(C)cc2[n+]1CCCS(=O)(=O)O. The van der Waals surface area contributed by atoms with E-state index in [1.807, 2.05) is 6.92 Å². The number of aryl methyl sites for hydroxylation is 2. The summed E-state index contributed by atoms with van der Waals surface area (Å²) < 4.78 is 76.4. The standard InChI is InChI=1S/C35H36N2O7S4Se/c1-4-24(20-34-37(14-7-17-48(41,42)43)29-18-23(2)30(44-3)22-32(29)49-34)19-33-36(13-6-16-47(38,39)40)28-21-26(10-11-31(28)46-33)27-9-5-8-25-12-15-45-35(25)27/h5,8-12,15,18-22H,4,6-7,13-14,16-17H2,1-3H3,(H-,38,39,40,41,42,43)/p+1. The van der Waals surface area contributed by atoms with Gasteiger partial charge in [0.25, 0.3) is 0 Å². The Hall–Kier alpha value is -2.94. The number of hydrogen-bond donors (Lipinski definition) is 2. The molecule has 0 saturated carbocycles. The average Bonchev–Trinajstić information content (AvgIpc) is 3.74. The Morgan fingerprint density at radius 2 is 1.80 bits per heavy atom. The molecule has 6 rings (SSSR count). The zero-order chi connectivity index (χ0) is 34.9. The zero-order valence-corrected chi connectivity index (χ0v) is 32.2. The van der Waals surface area contributed by atoms with E-state index in [0.29, 0.717) is 13.1 Å². The molecule has 0 fully saturated rings. The normalized spacial score (nSPS) is 14.8. The molecular formula is C35H37N2O7S4Se+. The number of fused-ring (bicyclic) bond motifs is 3. The molecule has 3 heterocycles. The third kappa shape index (κ3) is 8.34. The number of hydrogen-bond acceptors (Lipinski definition) is 8. The van der Waals surface area contributed by atoms with E-state index >= 15 is 0 Å². The third-order valence-electron chi connectivity index (χ3n) is 8.36. The summed E-state index contributed by atoms with van der Waals surface area (Å²) in [7, 11) is -6.55. The maximum atomic E-state index is 11.7. The Bertz CT molecular complexity index is 2330. The van der Waals surface area contributed by atoms with E-state index in [1.54, 1.807) is 30.2 Å². The van der Waals surface area contributed by atoms with Gasteiger partial charge in [-0.3, -0.25) is 0 Å². The number of anilines is 1. The van der Waals surface area contributed by atoms with Crippen molar-refractivity contribution in [3.63, 3.8) is 0 Å². The number of ether oxygens (including phenoxy) is 1. The molecule has 0 saturated heterocycles. The summed E-state index contributed by atoms with van der Waals surface area (Å²) in [6.07, 6.45) is 5.57. The number of rotatable bonds is 13. The van der Waals surface area contributed by atoms with Crippen molar-refractivity contribution in [2.24, 2.45) is 0 Å². The summed E-state index contributed by atoms with van der Waals surface area (Å²) in [5, 5.41) is 4.24. The maximum absolute atomic E-state index is 11.7. The van der Waals surface area contributed by atoms with Gasteiger partial charge in [0, 0.05) is 0 Å². The van der Waals surface area contributed by atoms with Crippen molar-refractivity contribution in [3.8, 4) is 16.9 Å². The van der Waals surface area contributed by atoms with E-state index in [-0.39, 0.29) is 38.9 Å². The molecule has 3 aromatic carbocycles. The van der Waals surface area contributed by atoms with Crippen molar-refractivity contribution < 1.29 is 35.2 Å². The number of thioether (sulfide) groups is 1. The molecule has 2 N–H and O–H groups in total. The van der Waals surface area contributed by atoms with E-state index < -0.39 is 20.2 Å². The summed E-state index contributed by atoms with van der Waals surface area (Å²) >= 11 is 3.26. The van der Waals surface area contributed by atoms with Crippen LogP contribution in [0.5, 0.6) is 5.75 Å². The zero-order valence-electron chi connectivity index (χ0n) is 27.2. The first-order valence-electron chi connectivity index (χ1n) is 15.7. The molecule has 2 aromatic heterocycles. The number of methoxy groups -OCH3 is 1. The van der Waals surface area contributed by atoms with Gasteiger partial charge >= 0.3 is 285 Å². The molecule has 0 spiro atoms. The predicted octanol–water partition coefficient (Wildman–Crippen LogP) is 7.19. The van der Waals surface area contributed by atoms with Crippen LogP contribution in [0.1, 0.15) is 36.3 Å². The average molecular weight is 805 g/mol.